The molecule has 6 N–H and O–H groups in total. The van der Waals surface area contributed by atoms with E-state index < -0.39 is 80.3 Å². The molecule has 0 saturated heterocycles. The van der Waals surface area contributed by atoms with Crippen molar-refractivity contribution in [3.8, 4) is 0 Å². The van der Waals surface area contributed by atoms with E-state index in [1.807, 2.05) is 0 Å². The van der Waals surface area contributed by atoms with Crippen molar-refractivity contribution >= 4 is 48.0 Å². The van der Waals surface area contributed by atoms with Gasteiger partial charge in [0, 0.05) is 22.3 Å². The van der Waals surface area contributed by atoms with E-state index in [2.05, 4.69) is 0 Å². The van der Waals surface area contributed by atoms with Gasteiger partial charge in [-0.3, -0.25) is 0 Å². The Kier molecular flexibility index (Phi) is 6.82. The van der Waals surface area contributed by atoms with E-state index in [0.29, 0.717) is 12.2 Å². The fourth-order valence-electron chi connectivity index (χ4n) is 2.52. The Morgan fingerprint density at radius 3 is 0.833 bits per heavy atom. The van der Waals surface area contributed by atoms with Gasteiger partial charge >= 0.3 is 35.8 Å². The van der Waals surface area contributed by atoms with Gasteiger partial charge in [0.2, 0.25) is 0 Å². The number of rotatable bonds is 8. The summed E-state index contributed by atoms with van der Waals surface area (Å²) in [6.07, 6.45) is 1.04. The maximum atomic E-state index is 11.8. The normalized spacial score (nSPS) is 11.7. The van der Waals surface area contributed by atoms with Gasteiger partial charge in [0.1, 0.15) is 0 Å². The summed E-state index contributed by atoms with van der Waals surface area (Å²) in [6.45, 7) is 1.89. The summed E-state index contributed by atoms with van der Waals surface area (Å²) >= 11 is 0. The highest BCUT2D eigenvalue weighted by Gasteiger charge is 2.34. The van der Waals surface area contributed by atoms with Crippen molar-refractivity contribution in [1.29, 1.82) is 0 Å². The van der Waals surface area contributed by atoms with Crippen LogP contribution in [0.4, 0.5) is 0 Å². The zero-order valence-corrected chi connectivity index (χ0v) is 15.3. The molecule has 12 heteroatoms. The molecular formula is C18H14O12. The van der Waals surface area contributed by atoms with Crippen LogP contribution in [-0.2, 0) is 9.59 Å². The Hall–Kier alpha value is -4.48. The van der Waals surface area contributed by atoms with Crippen LogP contribution in [0.2, 0.25) is 0 Å². The second-order valence-corrected chi connectivity index (χ2v) is 5.81. The molecule has 1 aromatic rings. The van der Waals surface area contributed by atoms with E-state index >= 15 is 0 Å². The quantitative estimate of drug-likeness (QED) is 0.327. The lowest BCUT2D eigenvalue weighted by Gasteiger charge is -2.17. The van der Waals surface area contributed by atoms with Gasteiger partial charge in [0.05, 0.1) is 22.3 Å². The number of aromatic carboxylic acids is 4. The molecular weight excluding hydrogens is 408 g/mol. The lowest BCUT2D eigenvalue weighted by atomic mass is 9.84. The van der Waals surface area contributed by atoms with Crippen LogP contribution in [0.3, 0.4) is 0 Å². The largest absolute Gasteiger partial charge is 0.478 e. The number of aliphatic carboxylic acids is 2. The second kappa shape index (κ2) is 8.68. The third-order valence-electron chi connectivity index (χ3n) is 3.83. The molecule has 0 heterocycles. The summed E-state index contributed by atoms with van der Waals surface area (Å²) in [6, 6.07) is 0. The molecule has 0 atom stereocenters. The van der Waals surface area contributed by atoms with Crippen LogP contribution >= 0.6 is 0 Å². The van der Waals surface area contributed by atoms with Crippen LogP contribution in [0.15, 0.2) is 11.1 Å². The van der Waals surface area contributed by atoms with Gasteiger partial charge in [-0.25, -0.2) is 28.8 Å². The average molecular weight is 422 g/mol. The molecule has 0 saturated carbocycles. The minimum Gasteiger partial charge on any atom is -0.478 e. The Labute approximate surface area is 166 Å². The first-order valence-corrected chi connectivity index (χ1v) is 7.72. The van der Waals surface area contributed by atoms with E-state index in [-0.39, 0.29) is 0 Å². The molecule has 0 unspecified atom stereocenters. The van der Waals surface area contributed by atoms with Gasteiger partial charge in [-0.05, 0) is 26.0 Å². The summed E-state index contributed by atoms with van der Waals surface area (Å²) in [5.74, 6) is -11.2. The molecule has 12 nitrogen and oxygen atoms in total. The predicted molar refractivity (Wildman–Crippen MR) is 96.9 cm³/mol. The van der Waals surface area contributed by atoms with Gasteiger partial charge in [-0.1, -0.05) is 0 Å². The van der Waals surface area contributed by atoms with Crippen LogP contribution in [0.1, 0.15) is 66.4 Å². The number of hydrogen-bond donors (Lipinski definition) is 6. The lowest BCUT2D eigenvalue weighted by molar-refractivity contribution is -0.133. The van der Waals surface area contributed by atoms with Crippen LogP contribution in [0, 0.1) is 0 Å². The molecule has 158 valence electrons. The molecule has 0 radical (unpaired) electrons. The minimum atomic E-state index is -2.00. The van der Waals surface area contributed by atoms with Crippen molar-refractivity contribution in [1.82, 2.24) is 0 Å². The molecule has 0 bridgehead atoms. The van der Waals surface area contributed by atoms with Crippen molar-refractivity contribution in [2.45, 2.75) is 13.8 Å². The molecule has 1 aromatic carbocycles. The molecule has 0 fully saturated rings. The molecule has 1 rings (SSSR count). The first-order valence-electron chi connectivity index (χ1n) is 7.72. The number of carboxylic acid groups (broad SMARTS) is 6. The van der Waals surface area contributed by atoms with E-state index in [0.717, 1.165) is 13.8 Å². The molecule has 30 heavy (non-hydrogen) atoms. The summed E-state index contributed by atoms with van der Waals surface area (Å²) in [5.41, 5.74) is -8.03. The molecule has 0 spiro atoms. The van der Waals surface area contributed by atoms with E-state index in [1.54, 1.807) is 0 Å². The van der Waals surface area contributed by atoms with Gasteiger partial charge in [0.15, 0.2) is 0 Å². The SMILES string of the molecule is CC(=Cc1c(C(=O)O)c(C(=O)O)c(C=C(C)C(=O)O)c(C(=O)O)c1C(=O)O)C(=O)O. The standard InChI is InChI=1S/C18H14O12/c1-5(13(19)20)3-7-9(15(23)24)11(17(27)28)8(4-6(2)14(21)22)12(18(29)30)10(7)16(25)26/h3-4H,1-2H3,(H,19,20)(H,21,22)(H,23,24)(H,25,26)(H,27,28)(H,29,30). The Morgan fingerprint density at radius 1 is 0.500 bits per heavy atom. The van der Waals surface area contributed by atoms with Crippen LogP contribution < -0.4 is 0 Å². The highest BCUT2D eigenvalue weighted by molar-refractivity contribution is 6.17. The number of benzene rings is 1. The fraction of sp³-hybridized carbons (Fsp3) is 0.111. The lowest BCUT2D eigenvalue weighted by Crippen LogP contribution is -2.22. The minimum absolute atomic E-state index is 0.520. The van der Waals surface area contributed by atoms with Crippen LogP contribution in [0.25, 0.3) is 12.2 Å². The van der Waals surface area contributed by atoms with Crippen molar-refractivity contribution in [3.63, 3.8) is 0 Å². The van der Waals surface area contributed by atoms with Crippen molar-refractivity contribution < 1.29 is 59.4 Å². The summed E-state index contributed by atoms with van der Waals surface area (Å²) in [5, 5.41) is 56.2. The molecule has 0 aliphatic carbocycles. The highest BCUT2D eigenvalue weighted by Crippen LogP contribution is 2.33. The van der Waals surface area contributed by atoms with E-state index in [1.165, 1.54) is 0 Å². The van der Waals surface area contributed by atoms with Crippen LogP contribution in [0.5, 0.6) is 0 Å². The first kappa shape index (κ1) is 23.6. The average Bonchev–Trinajstić information content (AvgIpc) is 2.59. The van der Waals surface area contributed by atoms with Gasteiger partial charge in [-0.2, -0.15) is 0 Å². The number of hydrogen-bond acceptors (Lipinski definition) is 6. The van der Waals surface area contributed by atoms with E-state index in [9.17, 15) is 49.2 Å². The maximum Gasteiger partial charge on any atom is 0.337 e. The third kappa shape index (κ3) is 4.49. The molecule has 0 aliphatic rings. The fourth-order valence-corrected chi connectivity index (χ4v) is 2.52. The number of carbonyl (C=O) groups is 6. The predicted octanol–water partition coefficient (Wildman–Crippen LogP) is 1.46. The maximum absolute atomic E-state index is 11.8. The summed E-state index contributed by atoms with van der Waals surface area (Å²) in [4.78, 5) is 69.5. The first-order chi connectivity index (χ1) is 13.7. The molecule has 0 amide bonds. The topological polar surface area (TPSA) is 224 Å². The second-order valence-electron chi connectivity index (χ2n) is 5.81. The van der Waals surface area contributed by atoms with Gasteiger partial charge in [0.25, 0.3) is 0 Å². The zero-order valence-electron chi connectivity index (χ0n) is 15.3. The zero-order chi connectivity index (χ0) is 23.5. The van der Waals surface area contributed by atoms with Crippen molar-refractivity contribution in [2.75, 3.05) is 0 Å². The smallest absolute Gasteiger partial charge is 0.337 e. The third-order valence-corrected chi connectivity index (χ3v) is 3.83. The Morgan fingerprint density at radius 2 is 0.700 bits per heavy atom. The van der Waals surface area contributed by atoms with E-state index in [4.69, 9.17) is 10.2 Å². The van der Waals surface area contributed by atoms with Crippen molar-refractivity contribution in [3.05, 3.63) is 44.5 Å². The highest BCUT2D eigenvalue weighted by atomic mass is 16.4. The van der Waals surface area contributed by atoms with Crippen LogP contribution in [-0.4, -0.2) is 66.5 Å². The number of carboxylic acids is 6. The molecule has 0 aliphatic heterocycles. The monoisotopic (exact) mass is 422 g/mol. The van der Waals surface area contributed by atoms with Gasteiger partial charge < -0.3 is 30.6 Å². The molecule has 0 aromatic heterocycles. The summed E-state index contributed by atoms with van der Waals surface area (Å²) < 4.78 is 0. The van der Waals surface area contributed by atoms with Gasteiger partial charge in [-0.15, -0.1) is 0 Å². The Balaban J connectivity index is 4.57. The van der Waals surface area contributed by atoms with Crippen molar-refractivity contribution in [2.24, 2.45) is 0 Å². The summed E-state index contributed by atoms with van der Waals surface area (Å²) in [7, 11) is 0. The Bertz CT molecular complexity index is 933.